The maximum Gasteiger partial charge on any atom is 0.128 e. The molecule has 0 amide bonds. The lowest BCUT2D eigenvalue weighted by Gasteiger charge is -2.44. The van der Waals surface area contributed by atoms with Gasteiger partial charge in [-0.3, -0.25) is 4.90 Å². The van der Waals surface area contributed by atoms with E-state index in [9.17, 15) is 5.11 Å². The van der Waals surface area contributed by atoms with E-state index < -0.39 is 0 Å². The fourth-order valence-electron chi connectivity index (χ4n) is 3.47. The Kier molecular flexibility index (Phi) is 3.41. The van der Waals surface area contributed by atoms with Crippen LogP contribution in [0.2, 0.25) is 0 Å². The second kappa shape index (κ2) is 4.96. The van der Waals surface area contributed by atoms with Crippen LogP contribution in [0.25, 0.3) is 0 Å². The minimum Gasteiger partial charge on any atom is -0.508 e. The molecule has 0 bridgehead atoms. The van der Waals surface area contributed by atoms with E-state index in [0.717, 1.165) is 18.1 Å². The second-order valence-electron chi connectivity index (χ2n) is 7.02. The largest absolute Gasteiger partial charge is 0.508 e. The molecule has 110 valence electrons. The Morgan fingerprint density at radius 3 is 2.65 bits per heavy atom. The molecule has 2 heterocycles. The summed E-state index contributed by atoms with van der Waals surface area (Å²) in [5.41, 5.74) is 1.06. The summed E-state index contributed by atoms with van der Waals surface area (Å²) < 4.78 is 6.06. The van der Waals surface area contributed by atoms with Crippen LogP contribution in [0.4, 0.5) is 0 Å². The van der Waals surface area contributed by atoms with Crippen molar-refractivity contribution in [3.05, 3.63) is 23.8 Å². The van der Waals surface area contributed by atoms with Gasteiger partial charge < -0.3 is 9.84 Å². The minimum atomic E-state index is -0.172. The van der Waals surface area contributed by atoms with E-state index in [2.05, 4.69) is 25.7 Å². The summed E-state index contributed by atoms with van der Waals surface area (Å²) in [6, 6.07) is 5.99. The number of fused-ring (bicyclic) bond motifs is 1. The highest BCUT2D eigenvalue weighted by atomic mass is 16.5. The Morgan fingerprint density at radius 1 is 1.25 bits per heavy atom. The predicted octanol–water partition coefficient (Wildman–Crippen LogP) is 3.73. The van der Waals surface area contributed by atoms with Gasteiger partial charge in [-0.25, -0.2) is 0 Å². The number of phenolic OH excluding ortho intramolecular Hbond substituents is 1. The molecular formula is C17H25NO2. The fraction of sp³-hybridized carbons (Fsp3) is 0.647. The van der Waals surface area contributed by atoms with Gasteiger partial charge in [-0.1, -0.05) is 13.0 Å². The van der Waals surface area contributed by atoms with E-state index in [-0.39, 0.29) is 11.4 Å². The molecule has 1 N–H and O–H groups in total. The Balaban J connectivity index is 1.91. The lowest BCUT2D eigenvalue weighted by atomic mass is 9.86. The molecular weight excluding hydrogens is 250 g/mol. The molecule has 1 atom stereocenters. The first-order valence-corrected chi connectivity index (χ1v) is 7.70. The zero-order valence-corrected chi connectivity index (χ0v) is 12.7. The number of benzene rings is 1. The maximum atomic E-state index is 9.70. The van der Waals surface area contributed by atoms with Crippen molar-refractivity contribution in [3.63, 3.8) is 0 Å². The molecule has 0 aromatic heterocycles. The van der Waals surface area contributed by atoms with Crippen molar-refractivity contribution >= 4 is 0 Å². The summed E-state index contributed by atoms with van der Waals surface area (Å²) in [6.45, 7) is 8.96. The molecule has 0 saturated carbocycles. The summed E-state index contributed by atoms with van der Waals surface area (Å²) in [4.78, 5) is 2.60. The molecule has 1 unspecified atom stereocenters. The molecule has 0 spiro atoms. The molecule has 1 aromatic carbocycles. The third kappa shape index (κ3) is 2.64. The number of aromatic hydroxyl groups is 1. The first kappa shape index (κ1) is 13.7. The maximum absolute atomic E-state index is 9.70. The van der Waals surface area contributed by atoms with Crippen LogP contribution in [0.3, 0.4) is 0 Å². The number of phenols is 1. The van der Waals surface area contributed by atoms with Crippen molar-refractivity contribution < 1.29 is 9.84 Å². The average molecular weight is 275 g/mol. The third-order valence-corrected chi connectivity index (χ3v) is 4.69. The number of likely N-dealkylation sites (tertiary alicyclic amines) is 1. The highest BCUT2D eigenvalue weighted by Gasteiger charge is 2.37. The van der Waals surface area contributed by atoms with Crippen molar-refractivity contribution in [2.75, 3.05) is 13.1 Å². The van der Waals surface area contributed by atoms with E-state index in [1.165, 1.54) is 31.5 Å². The van der Waals surface area contributed by atoms with Gasteiger partial charge in [0.2, 0.25) is 0 Å². The van der Waals surface area contributed by atoms with Crippen LogP contribution in [-0.4, -0.2) is 28.7 Å². The molecule has 0 aliphatic carbocycles. The van der Waals surface area contributed by atoms with Crippen molar-refractivity contribution in [2.45, 2.75) is 51.7 Å². The van der Waals surface area contributed by atoms with Crippen molar-refractivity contribution in [1.29, 1.82) is 0 Å². The molecule has 20 heavy (non-hydrogen) atoms. The molecule has 1 fully saturated rings. The minimum absolute atomic E-state index is 0.172. The van der Waals surface area contributed by atoms with Gasteiger partial charge in [0, 0.05) is 24.1 Å². The summed E-state index contributed by atoms with van der Waals surface area (Å²) in [5.74, 6) is 1.98. The number of rotatable bonds is 1. The zero-order chi connectivity index (χ0) is 14.3. The standard InChI is InChI=1S/C17H25NO2/c1-12-6-8-18(9-7-12)15-11-17(2,3)20-16-10-13(19)4-5-14(15)16/h4-5,10,12,15,19H,6-9,11H2,1-3H3. The van der Waals surface area contributed by atoms with Crippen LogP contribution >= 0.6 is 0 Å². The number of hydrogen-bond donors (Lipinski definition) is 1. The van der Waals surface area contributed by atoms with E-state index in [0.29, 0.717) is 6.04 Å². The molecule has 3 rings (SSSR count). The SMILES string of the molecule is CC1CCN(C2CC(C)(C)Oc3cc(O)ccc32)CC1. The van der Waals surface area contributed by atoms with Gasteiger partial charge in [-0.15, -0.1) is 0 Å². The van der Waals surface area contributed by atoms with Crippen molar-refractivity contribution in [2.24, 2.45) is 5.92 Å². The molecule has 2 aliphatic rings. The number of nitrogens with zero attached hydrogens (tertiary/aromatic N) is 1. The van der Waals surface area contributed by atoms with Crippen LogP contribution in [0.5, 0.6) is 11.5 Å². The van der Waals surface area contributed by atoms with E-state index in [1.807, 2.05) is 6.07 Å². The Bertz CT molecular complexity index is 490. The van der Waals surface area contributed by atoms with Crippen LogP contribution in [0.15, 0.2) is 18.2 Å². The predicted molar refractivity (Wildman–Crippen MR) is 80.1 cm³/mol. The average Bonchev–Trinajstić information content (AvgIpc) is 2.37. The van der Waals surface area contributed by atoms with Crippen LogP contribution in [0.1, 0.15) is 51.6 Å². The summed E-state index contributed by atoms with van der Waals surface area (Å²) in [5, 5.41) is 9.70. The van der Waals surface area contributed by atoms with Gasteiger partial charge in [0.1, 0.15) is 17.1 Å². The Labute approximate surface area is 121 Å². The fourth-order valence-corrected chi connectivity index (χ4v) is 3.47. The highest BCUT2D eigenvalue weighted by molar-refractivity contribution is 5.44. The first-order valence-electron chi connectivity index (χ1n) is 7.70. The lowest BCUT2D eigenvalue weighted by molar-refractivity contribution is 0.0191. The molecule has 3 nitrogen and oxygen atoms in total. The van der Waals surface area contributed by atoms with Gasteiger partial charge in [-0.2, -0.15) is 0 Å². The lowest BCUT2D eigenvalue weighted by Crippen LogP contribution is -2.44. The molecule has 0 radical (unpaired) electrons. The van der Waals surface area contributed by atoms with Crippen molar-refractivity contribution in [3.8, 4) is 11.5 Å². The summed E-state index contributed by atoms with van der Waals surface area (Å²) in [7, 11) is 0. The third-order valence-electron chi connectivity index (χ3n) is 4.69. The van der Waals surface area contributed by atoms with Gasteiger partial charge in [0.15, 0.2) is 0 Å². The highest BCUT2D eigenvalue weighted by Crippen LogP contribution is 2.44. The molecule has 3 heteroatoms. The molecule has 1 saturated heterocycles. The molecule has 1 aromatic rings. The smallest absolute Gasteiger partial charge is 0.128 e. The van der Waals surface area contributed by atoms with Gasteiger partial charge in [-0.05, 0) is 51.8 Å². The first-order chi connectivity index (χ1) is 9.44. The van der Waals surface area contributed by atoms with E-state index >= 15 is 0 Å². The number of hydrogen-bond acceptors (Lipinski definition) is 3. The number of piperidine rings is 1. The van der Waals surface area contributed by atoms with Gasteiger partial charge in [0.05, 0.1) is 0 Å². The van der Waals surface area contributed by atoms with Crippen molar-refractivity contribution in [1.82, 2.24) is 4.90 Å². The quantitative estimate of drug-likeness (QED) is 0.847. The van der Waals surface area contributed by atoms with E-state index in [1.54, 1.807) is 12.1 Å². The normalized spacial score (nSPS) is 26.9. The number of ether oxygens (including phenoxy) is 1. The summed E-state index contributed by atoms with van der Waals surface area (Å²) in [6.07, 6.45) is 3.58. The van der Waals surface area contributed by atoms with Crippen LogP contribution in [0, 0.1) is 5.92 Å². The Morgan fingerprint density at radius 2 is 1.95 bits per heavy atom. The van der Waals surface area contributed by atoms with Gasteiger partial charge in [0.25, 0.3) is 0 Å². The summed E-state index contributed by atoms with van der Waals surface area (Å²) >= 11 is 0. The van der Waals surface area contributed by atoms with Crippen LogP contribution in [-0.2, 0) is 0 Å². The van der Waals surface area contributed by atoms with Gasteiger partial charge >= 0.3 is 0 Å². The van der Waals surface area contributed by atoms with Crippen LogP contribution < -0.4 is 4.74 Å². The Hall–Kier alpha value is -1.22. The zero-order valence-electron chi connectivity index (χ0n) is 12.7. The monoisotopic (exact) mass is 275 g/mol. The second-order valence-corrected chi connectivity index (χ2v) is 7.02. The van der Waals surface area contributed by atoms with E-state index in [4.69, 9.17) is 4.74 Å². The molecule has 2 aliphatic heterocycles. The topological polar surface area (TPSA) is 32.7 Å².